The Morgan fingerprint density at radius 1 is 1.11 bits per heavy atom. The Morgan fingerprint density at radius 3 is 2.63 bits per heavy atom. The molecule has 2 aromatic carbocycles. The minimum Gasteiger partial charge on any atom is -0.489 e. The molecule has 3 heteroatoms. The van der Waals surface area contributed by atoms with Crippen LogP contribution in [-0.4, -0.2) is 5.88 Å². The lowest BCUT2D eigenvalue weighted by atomic mass is 10.2. The third-order valence-electron chi connectivity index (χ3n) is 2.42. The average molecular weight is 275 g/mol. The first-order valence-electron chi connectivity index (χ1n) is 5.80. The van der Waals surface area contributed by atoms with E-state index in [4.69, 9.17) is 16.3 Å². The van der Waals surface area contributed by atoms with Crippen LogP contribution in [0.2, 0.25) is 0 Å². The Kier molecular flexibility index (Phi) is 4.83. The van der Waals surface area contributed by atoms with E-state index < -0.39 is 0 Å². The molecule has 0 spiro atoms. The average Bonchev–Trinajstić information content (AvgIpc) is 2.43. The molecule has 0 aliphatic heterocycles. The summed E-state index contributed by atoms with van der Waals surface area (Å²) < 4.78 is 19.0. The van der Waals surface area contributed by atoms with Crippen molar-refractivity contribution in [3.63, 3.8) is 0 Å². The van der Waals surface area contributed by atoms with E-state index in [-0.39, 0.29) is 11.7 Å². The molecule has 0 fully saturated rings. The minimum atomic E-state index is -0.371. The number of hydrogen-bond acceptors (Lipinski definition) is 1. The molecule has 0 aliphatic rings. The summed E-state index contributed by atoms with van der Waals surface area (Å²) in [6, 6.07) is 14.1. The lowest BCUT2D eigenvalue weighted by Crippen LogP contribution is -1.96. The van der Waals surface area contributed by atoms with Crippen molar-refractivity contribution in [1.82, 2.24) is 0 Å². The van der Waals surface area contributed by atoms with Crippen LogP contribution in [0, 0.1) is 17.7 Å². The van der Waals surface area contributed by atoms with Crippen molar-refractivity contribution in [3.05, 3.63) is 65.5 Å². The third-order valence-corrected chi connectivity index (χ3v) is 2.55. The predicted molar refractivity (Wildman–Crippen MR) is 74.8 cm³/mol. The van der Waals surface area contributed by atoms with Crippen LogP contribution in [0.4, 0.5) is 4.39 Å². The molecule has 0 atom stereocenters. The van der Waals surface area contributed by atoms with Gasteiger partial charge in [-0.3, -0.25) is 0 Å². The molecule has 0 aromatic heterocycles. The van der Waals surface area contributed by atoms with Gasteiger partial charge in [0, 0.05) is 11.6 Å². The van der Waals surface area contributed by atoms with E-state index in [0.717, 1.165) is 5.56 Å². The summed E-state index contributed by atoms with van der Waals surface area (Å²) in [5.41, 5.74) is 1.59. The fourth-order valence-electron chi connectivity index (χ4n) is 1.59. The normalized spacial score (nSPS) is 9.58. The van der Waals surface area contributed by atoms with Crippen molar-refractivity contribution in [2.75, 3.05) is 5.88 Å². The molecule has 0 radical (unpaired) electrons. The highest BCUT2D eigenvalue weighted by Gasteiger charge is 2.01. The second-order valence-electron chi connectivity index (χ2n) is 3.89. The van der Waals surface area contributed by atoms with Crippen molar-refractivity contribution in [2.45, 2.75) is 6.61 Å². The number of rotatable bonds is 3. The quantitative estimate of drug-likeness (QED) is 0.607. The van der Waals surface area contributed by atoms with Crippen molar-refractivity contribution in [2.24, 2.45) is 0 Å². The van der Waals surface area contributed by atoms with Crippen LogP contribution in [-0.2, 0) is 6.61 Å². The van der Waals surface area contributed by atoms with Crippen molar-refractivity contribution in [1.29, 1.82) is 0 Å². The van der Waals surface area contributed by atoms with Gasteiger partial charge in [-0.25, -0.2) is 4.39 Å². The van der Waals surface area contributed by atoms with E-state index in [0.29, 0.717) is 17.9 Å². The molecular formula is C16H12ClFO. The van der Waals surface area contributed by atoms with E-state index in [1.807, 2.05) is 30.3 Å². The molecule has 0 aliphatic carbocycles. The zero-order valence-corrected chi connectivity index (χ0v) is 11.0. The summed E-state index contributed by atoms with van der Waals surface area (Å²) in [6.07, 6.45) is 0. The van der Waals surface area contributed by atoms with Gasteiger partial charge >= 0.3 is 0 Å². The molecule has 0 amide bonds. The Labute approximate surface area is 117 Å². The van der Waals surface area contributed by atoms with Crippen LogP contribution in [0.25, 0.3) is 0 Å². The molecule has 2 rings (SSSR count). The van der Waals surface area contributed by atoms with Crippen molar-refractivity contribution < 1.29 is 9.13 Å². The van der Waals surface area contributed by atoms with Gasteiger partial charge in [0.15, 0.2) is 0 Å². The second kappa shape index (κ2) is 6.82. The van der Waals surface area contributed by atoms with Crippen LogP contribution < -0.4 is 4.74 Å². The Hall–Kier alpha value is -1.98. The molecule has 1 nitrogen and oxygen atoms in total. The number of ether oxygens (including phenoxy) is 1. The molecule has 0 heterocycles. The Bertz CT molecular complexity index is 599. The fourth-order valence-corrected chi connectivity index (χ4v) is 1.66. The highest BCUT2D eigenvalue weighted by molar-refractivity contribution is 6.19. The van der Waals surface area contributed by atoms with Crippen LogP contribution in [0.1, 0.15) is 11.1 Å². The number of halogens is 2. The smallest absolute Gasteiger partial charge is 0.128 e. The number of benzene rings is 2. The van der Waals surface area contributed by atoms with E-state index in [1.54, 1.807) is 6.07 Å². The molecule has 0 N–H and O–H groups in total. The van der Waals surface area contributed by atoms with Gasteiger partial charge in [0.25, 0.3) is 0 Å². The number of alkyl halides is 1. The lowest BCUT2D eigenvalue weighted by molar-refractivity contribution is 0.304. The van der Waals surface area contributed by atoms with Gasteiger partial charge in [0.2, 0.25) is 0 Å². The Morgan fingerprint density at radius 2 is 1.89 bits per heavy atom. The summed E-state index contributed by atoms with van der Waals surface area (Å²) in [6.45, 7) is 0.396. The molecule has 2 aromatic rings. The van der Waals surface area contributed by atoms with Gasteiger partial charge in [-0.1, -0.05) is 42.2 Å². The highest BCUT2D eigenvalue weighted by atomic mass is 35.5. The zero-order valence-electron chi connectivity index (χ0n) is 10.2. The SMILES string of the molecule is Fc1cc(C#CCCl)cc(OCc2ccccc2)c1. The maximum absolute atomic E-state index is 13.4. The first-order chi connectivity index (χ1) is 9.28. The van der Waals surface area contributed by atoms with Gasteiger partial charge < -0.3 is 4.74 Å². The molecular weight excluding hydrogens is 263 g/mol. The van der Waals surface area contributed by atoms with Gasteiger partial charge in [0.1, 0.15) is 18.2 Å². The maximum atomic E-state index is 13.4. The summed E-state index contributed by atoms with van der Waals surface area (Å²) in [4.78, 5) is 0. The lowest BCUT2D eigenvalue weighted by Gasteiger charge is -2.07. The minimum absolute atomic E-state index is 0.219. The van der Waals surface area contributed by atoms with Gasteiger partial charge in [-0.15, -0.1) is 11.6 Å². The molecule has 0 bridgehead atoms. The Balaban J connectivity index is 2.10. The van der Waals surface area contributed by atoms with E-state index in [9.17, 15) is 4.39 Å². The van der Waals surface area contributed by atoms with Gasteiger partial charge in [-0.05, 0) is 17.7 Å². The predicted octanol–water partition coefficient (Wildman–Crippen LogP) is 4.00. The van der Waals surface area contributed by atoms with Crippen molar-refractivity contribution in [3.8, 4) is 17.6 Å². The molecule has 96 valence electrons. The summed E-state index contributed by atoms with van der Waals surface area (Å²) in [5, 5.41) is 0. The first-order valence-corrected chi connectivity index (χ1v) is 6.33. The summed E-state index contributed by atoms with van der Waals surface area (Å²) in [5.74, 6) is 5.77. The monoisotopic (exact) mass is 274 g/mol. The summed E-state index contributed by atoms with van der Waals surface area (Å²) >= 11 is 5.47. The molecule has 0 saturated heterocycles. The number of hydrogen-bond donors (Lipinski definition) is 0. The van der Waals surface area contributed by atoms with Gasteiger partial charge in [-0.2, -0.15) is 0 Å². The van der Waals surface area contributed by atoms with Crippen LogP contribution >= 0.6 is 11.6 Å². The fraction of sp³-hybridized carbons (Fsp3) is 0.125. The maximum Gasteiger partial charge on any atom is 0.128 e. The topological polar surface area (TPSA) is 9.23 Å². The standard InChI is InChI=1S/C16H12ClFO/c17-8-4-7-14-9-15(18)11-16(10-14)19-12-13-5-2-1-3-6-13/h1-3,5-6,9-11H,8,12H2. The van der Waals surface area contributed by atoms with E-state index in [2.05, 4.69) is 11.8 Å². The van der Waals surface area contributed by atoms with Crippen molar-refractivity contribution >= 4 is 11.6 Å². The summed E-state index contributed by atoms with van der Waals surface area (Å²) in [7, 11) is 0. The zero-order chi connectivity index (χ0) is 13.5. The largest absolute Gasteiger partial charge is 0.489 e. The molecule has 19 heavy (non-hydrogen) atoms. The van der Waals surface area contributed by atoms with Gasteiger partial charge in [0.05, 0.1) is 5.88 Å². The molecule has 0 unspecified atom stereocenters. The van der Waals surface area contributed by atoms with Crippen LogP contribution in [0.5, 0.6) is 5.75 Å². The second-order valence-corrected chi connectivity index (χ2v) is 4.15. The molecule has 0 saturated carbocycles. The highest BCUT2D eigenvalue weighted by Crippen LogP contribution is 2.17. The third kappa shape index (κ3) is 4.31. The first kappa shape index (κ1) is 13.5. The van der Waals surface area contributed by atoms with Crippen LogP contribution in [0.3, 0.4) is 0 Å². The van der Waals surface area contributed by atoms with E-state index in [1.165, 1.54) is 12.1 Å². The van der Waals surface area contributed by atoms with E-state index >= 15 is 0 Å². The van der Waals surface area contributed by atoms with Crippen LogP contribution in [0.15, 0.2) is 48.5 Å².